The van der Waals surface area contributed by atoms with Crippen LogP contribution in [0.25, 0.3) is 0 Å². The standard InChI is InChI=1S/C17H24O.C10H12.C6H8O/c1-17(13-7-11-16(18)14-17)12-6-5-10-15-8-3-2-4-9-15;1-2-3-7-10-8-5-4-6-9-10;7-6-4-2-1-3-5-6/h2-4,8-9H,5-7,10-14H2,1H3;2,4-6,8-9H,1,3,7H2;2,4H,1,3,5H2. The van der Waals surface area contributed by atoms with Crippen molar-refractivity contribution in [3.05, 3.63) is 96.6 Å². The molecule has 0 amide bonds. The highest BCUT2D eigenvalue weighted by atomic mass is 16.1. The summed E-state index contributed by atoms with van der Waals surface area (Å²) in [7, 11) is 0. The molecular weight excluding hydrogens is 428 g/mol. The lowest BCUT2D eigenvalue weighted by Gasteiger charge is -2.32. The molecule has 0 bridgehead atoms. The number of unbranched alkanes of at least 4 members (excludes halogenated alkanes) is 1. The fourth-order valence-corrected chi connectivity index (χ4v) is 4.71. The Hall–Kier alpha value is -2.74. The van der Waals surface area contributed by atoms with Gasteiger partial charge in [-0.05, 0) is 80.4 Å². The van der Waals surface area contributed by atoms with Gasteiger partial charge in [0.05, 0.1) is 0 Å². The normalized spacial score (nSPS) is 19.1. The van der Waals surface area contributed by atoms with Crippen LogP contribution in [-0.4, -0.2) is 11.6 Å². The van der Waals surface area contributed by atoms with Gasteiger partial charge < -0.3 is 0 Å². The largest absolute Gasteiger partial charge is 0.300 e. The van der Waals surface area contributed by atoms with Crippen molar-refractivity contribution in [1.29, 1.82) is 0 Å². The van der Waals surface area contributed by atoms with E-state index < -0.39 is 0 Å². The Kier molecular flexibility index (Phi) is 13.7. The summed E-state index contributed by atoms with van der Waals surface area (Å²) in [6, 6.07) is 21.1. The van der Waals surface area contributed by atoms with Crippen LogP contribution in [0.3, 0.4) is 0 Å². The molecule has 0 spiro atoms. The molecule has 2 aromatic carbocycles. The summed E-state index contributed by atoms with van der Waals surface area (Å²) in [6.07, 6.45) is 19.5. The zero-order valence-electron chi connectivity index (χ0n) is 21.7. The summed E-state index contributed by atoms with van der Waals surface area (Å²) in [5, 5.41) is 0. The molecule has 2 aromatic rings. The molecule has 0 aromatic heterocycles. The van der Waals surface area contributed by atoms with Crippen molar-refractivity contribution in [3.8, 4) is 0 Å². The summed E-state index contributed by atoms with van der Waals surface area (Å²) < 4.78 is 0. The van der Waals surface area contributed by atoms with Gasteiger partial charge >= 0.3 is 0 Å². The number of rotatable bonds is 8. The molecule has 0 N–H and O–H groups in total. The van der Waals surface area contributed by atoms with Crippen molar-refractivity contribution in [1.82, 2.24) is 0 Å². The fourth-order valence-electron chi connectivity index (χ4n) is 4.71. The molecule has 2 heteroatoms. The van der Waals surface area contributed by atoms with Crippen molar-refractivity contribution in [2.75, 3.05) is 0 Å². The molecule has 2 aliphatic rings. The minimum Gasteiger partial charge on any atom is -0.300 e. The zero-order valence-corrected chi connectivity index (χ0v) is 21.7. The number of allylic oxidation sites excluding steroid dienone is 3. The predicted molar refractivity (Wildman–Crippen MR) is 149 cm³/mol. The topological polar surface area (TPSA) is 34.1 Å². The minimum atomic E-state index is 0.284. The highest BCUT2D eigenvalue weighted by Crippen LogP contribution is 2.38. The first-order valence-corrected chi connectivity index (χ1v) is 13.4. The maximum Gasteiger partial charge on any atom is 0.155 e. The first kappa shape index (κ1) is 28.5. The Balaban J connectivity index is 0.000000212. The number of benzene rings is 2. The lowest BCUT2D eigenvalue weighted by atomic mass is 9.72. The molecule has 1 fully saturated rings. The van der Waals surface area contributed by atoms with E-state index in [4.69, 9.17) is 0 Å². The molecular formula is C33H44O2. The molecule has 0 heterocycles. The van der Waals surface area contributed by atoms with E-state index >= 15 is 0 Å². The van der Waals surface area contributed by atoms with Crippen molar-refractivity contribution in [2.24, 2.45) is 5.41 Å². The molecule has 2 nitrogen and oxygen atoms in total. The number of ketones is 2. The van der Waals surface area contributed by atoms with Gasteiger partial charge in [0.1, 0.15) is 5.78 Å². The summed E-state index contributed by atoms with van der Waals surface area (Å²) in [4.78, 5) is 21.9. The molecule has 35 heavy (non-hydrogen) atoms. The third kappa shape index (κ3) is 13.1. The molecule has 1 atom stereocenters. The van der Waals surface area contributed by atoms with E-state index in [1.54, 1.807) is 6.08 Å². The number of hydrogen-bond donors (Lipinski definition) is 0. The van der Waals surface area contributed by atoms with Gasteiger partial charge in [-0.25, -0.2) is 0 Å². The monoisotopic (exact) mass is 472 g/mol. The van der Waals surface area contributed by atoms with Gasteiger partial charge in [0.2, 0.25) is 0 Å². The molecule has 1 saturated carbocycles. The smallest absolute Gasteiger partial charge is 0.155 e. The molecule has 2 aliphatic carbocycles. The van der Waals surface area contributed by atoms with Gasteiger partial charge in [-0.1, -0.05) is 86.2 Å². The Morgan fingerprint density at radius 1 is 0.857 bits per heavy atom. The third-order valence-corrected chi connectivity index (χ3v) is 6.78. The zero-order chi connectivity index (χ0) is 25.2. The molecule has 0 aliphatic heterocycles. The van der Waals surface area contributed by atoms with E-state index in [0.29, 0.717) is 11.2 Å². The van der Waals surface area contributed by atoms with Gasteiger partial charge in [0.15, 0.2) is 5.78 Å². The van der Waals surface area contributed by atoms with Gasteiger partial charge in [-0.3, -0.25) is 9.59 Å². The van der Waals surface area contributed by atoms with Gasteiger partial charge in [0, 0.05) is 19.3 Å². The number of carbonyl (C=O) groups excluding carboxylic acids is 2. The summed E-state index contributed by atoms with van der Waals surface area (Å²) in [5.41, 5.74) is 3.12. The highest BCUT2D eigenvalue weighted by molar-refractivity contribution is 5.90. The van der Waals surface area contributed by atoms with Crippen molar-refractivity contribution in [3.63, 3.8) is 0 Å². The second-order valence-corrected chi connectivity index (χ2v) is 10.1. The van der Waals surface area contributed by atoms with Gasteiger partial charge in [0.25, 0.3) is 0 Å². The first-order valence-electron chi connectivity index (χ1n) is 13.4. The third-order valence-electron chi connectivity index (χ3n) is 6.78. The van der Waals surface area contributed by atoms with Crippen LogP contribution < -0.4 is 0 Å². The van der Waals surface area contributed by atoms with Crippen LogP contribution in [0.2, 0.25) is 0 Å². The maximum atomic E-state index is 11.5. The number of aryl methyl sites for hydroxylation is 2. The number of carbonyl (C=O) groups is 2. The van der Waals surface area contributed by atoms with E-state index in [1.165, 1.54) is 43.2 Å². The van der Waals surface area contributed by atoms with Crippen molar-refractivity contribution < 1.29 is 9.59 Å². The van der Waals surface area contributed by atoms with Gasteiger partial charge in [-0.15, -0.1) is 6.58 Å². The molecule has 1 unspecified atom stereocenters. The maximum absolute atomic E-state index is 11.5. The molecule has 4 rings (SSSR count). The van der Waals surface area contributed by atoms with E-state index in [0.717, 1.165) is 51.4 Å². The van der Waals surface area contributed by atoms with Crippen LogP contribution in [0, 0.1) is 5.41 Å². The lowest BCUT2D eigenvalue weighted by Crippen LogP contribution is -2.25. The van der Waals surface area contributed by atoms with Crippen LogP contribution in [0.1, 0.15) is 88.7 Å². The fraction of sp³-hybridized carbons (Fsp3) is 0.455. The van der Waals surface area contributed by atoms with Crippen LogP contribution in [-0.2, 0) is 22.4 Å². The Morgan fingerprint density at radius 2 is 1.51 bits per heavy atom. The molecule has 0 saturated heterocycles. The van der Waals surface area contributed by atoms with Crippen LogP contribution in [0.4, 0.5) is 0 Å². The molecule has 188 valence electrons. The lowest BCUT2D eigenvalue weighted by molar-refractivity contribution is -0.123. The van der Waals surface area contributed by atoms with Crippen LogP contribution >= 0.6 is 0 Å². The van der Waals surface area contributed by atoms with Crippen molar-refractivity contribution >= 4 is 11.6 Å². The minimum absolute atomic E-state index is 0.284. The second-order valence-electron chi connectivity index (χ2n) is 10.1. The SMILES string of the molecule is C=CCCc1ccccc1.CC1(CCCCc2ccccc2)CCCC(=O)C1.O=C1C=CCCC1. The average Bonchev–Trinajstić information content (AvgIpc) is 2.88. The van der Waals surface area contributed by atoms with E-state index in [-0.39, 0.29) is 5.78 Å². The van der Waals surface area contributed by atoms with Gasteiger partial charge in [-0.2, -0.15) is 0 Å². The molecule has 0 radical (unpaired) electrons. The van der Waals surface area contributed by atoms with Crippen molar-refractivity contribution in [2.45, 2.75) is 90.4 Å². The van der Waals surface area contributed by atoms with E-state index in [2.05, 4.69) is 68.1 Å². The average molecular weight is 473 g/mol. The van der Waals surface area contributed by atoms with Crippen LogP contribution in [0.5, 0.6) is 0 Å². The predicted octanol–water partition coefficient (Wildman–Crippen LogP) is 8.65. The Morgan fingerprint density at radius 3 is 2.03 bits per heavy atom. The number of Topliss-reactive ketones (excluding diaryl/α,β-unsaturated/α-hetero) is 1. The number of hydrogen-bond acceptors (Lipinski definition) is 2. The Labute approximate surface area is 213 Å². The van der Waals surface area contributed by atoms with E-state index in [9.17, 15) is 9.59 Å². The summed E-state index contributed by atoms with van der Waals surface area (Å²) in [6.45, 7) is 5.97. The summed E-state index contributed by atoms with van der Waals surface area (Å²) in [5.74, 6) is 0.762. The first-order chi connectivity index (χ1) is 17.0. The quantitative estimate of drug-likeness (QED) is 0.284. The Bertz CT molecular complexity index is 897. The highest BCUT2D eigenvalue weighted by Gasteiger charge is 2.30. The second kappa shape index (κ2) is 16.8. The van der Waals surface area contributed by atoms with Crippen LogP contribution in [0.15, 0.2) is 85.5 Å². The summed E-state index contributed by atoms with van der Waals surface area (Å²) >= 11 is 0. The van der Waals surface area contributed by atoms with E-state index in [1.807, 2.05) is 18.2 Å².